The third-order valence-electron chi connectivity index (χ3n) is 4.90. The highest BCUT2D eigenvalue weighted by atomic mass is 19.1. The predicted octanol–water partition coefficient (Wildman–Crippen LogP) is 3.72. The summed E-state index contributed by atoms with van der Waals surface area (Å²) in [5.41, 5.74) is 2.33. The molecule has 3 N–H and O–H groups in total. The van der Waals surface area contributed by atoms with Crippen LogP contribution in [0.4, 0.5) is 10.2 Å². The van der Waals surface area contributed by atoms with E-state index in [0.29, 0.717) is 39.4 Å². The second-order valence-electron chi connectivity index (χ2n) is 8.31. The number of benzene rings is 1. The van der Waals surface area contributed by atoms with Crippen molar-refractivity contribution in [3.05, 3.63) is 59.4 Å². The molecule has 3 heterocycles. The first kappa shape index (κ1) is 20.7. The quantitative estimate of drug-likeness (QED) is 0.450. The number of H-pyrrole nitrogens is 1. The smallest absolute Gasteiger partial charge is 0.230 e. The van der Waals surface area contributed by atoms with E-state index in [1.54, 1.807) is 30.5 Å². The molecule has 3 aromatic heterocycles. The van der Waals surface area contributed by atoms with Crippen molar-refractivity contribution in [1.82, 2.24) is 20.3 Å². The Labute approximate surface area is 177 Å². The zero-order valence-corrected chi connectivity index (χ0v) is 17.4. The van der Waals surface area contributed by atoms with Crippen LogP contribution in [0.15, 0.2) is 41.1 Å². The number of fused-ring (bicyclic) bond motifs is 1. The first-order valence-corrected chi connectivity index (χ1v) is 9.74. The first-order valence-electron chi connectivity index (χ1n) is 9.74. The zero-order chi connectivity index (χ0) is 22.2. The van der Waals surface area contributed by atoms with Crippen molar-refractivity contribution >= 4 is 22.8 Å². The number of pyridine rings is 1. The van der Waals surface area contributed by atoms with E-state index in [2.05, 4.69) is 25.7 Å². The summed E-state index contributed by atoms with van der Waals surface area (Å²) in [5, 5.41) is 23.3. The van der Waals surface area contributed by atoms with Gasteiger partial charge in [0.15, 0.2) is 11.5 Å². The van der Waals surface area contributed by atoms with Crippen molar-refractivity contribution in [2.75, 3.05) is 5.32 Å². The Balaban J connectivity index is 1.50. The Bertz CT molecular complexity index is 1260. The first-order chi connectivity index (χ1) is 14.7. The summed E-state index contributed by atoms with van der Waals surface area (Å²) in [5.74, 6) is 0.0457. The molecule has 0 unspecified atom stereocenters. The number of hydrogen-bond donors (Lipinski definition) is 3. The van der Waals surface area contributed by atoms with Crippen LogP contribution in [0, 0.1) is 5.82 Å². The number of carbonyl (C=O) groups excluding carboxylic acids is 1. The van der Waals surface area contributed by atoms with Gasteiger partial charge >= 0.3 is 0 Å². The summed E-state index contributed by atoms with van der Waals surface area (Å²) in [6.45, 7) is 5.69. The van der Waals surface area contributed by atoms with Gasteiger partial charge < -0.3 is 14.9 Å². The van der Waals surface area contributed by atoms with Crippen LogP contribution >= 0.6 is 0 Å². The molecule has 0 atom stereocenters. The van der Waals surface area contributed by atoms with Crippen LogP contribution in [0.1, 0.15) is 37.8 Å². The second-order valence-corrected chi connectivity index (χ2v) is 8.31. The van der Waals surface area contributed by atoms with Crippen molar-refractivity contribution < 1.29 is 18.8 Å². The molecule has 0 aliphatic rings. The van der Waals surface area contributed by atoms with Crippen LogP contribution in [0.3, 0.4) is 0 Å². The molecule has 4 rings (SSSR count). The number of aliphatic hydroxyl groups is 1. The van der Waals surface area contributed by atoms with Gasteiger partial charge in [-0.15, -0.1) is 0 Å². The van der Waals surface area contributed by atoms with Gasteiger partial charge in [0.1, 0.15) is 11.6 Å². The number of aliphatic hydroxyl groups excluding tert-OH is 1. The lowest BCUT2D eigenvalue weighted by atomic mass is 9.93. The van der Waals surface area contributed by atoms with Crippen LogP contribution in [0.5, 0.6) is 0 Å². The number of aromatic amines is 1. The largest absolute Gasteiger partial charge is 0.390 e. The number of nitrogens with zero attached hydrogens (tertiary/aromatic N) is 3. The van der Waals surface area contributed by atoms with E-state index in [1.807, 2.05) is 20.8 Å². The number of halogens is 1. The number of hydrogen-bond acceptors (Lipinski definition) is 6. The molecule has 0 bridgehead atoms. The molecule has 0 fully saturated rings. The number of nitrogens with one attached hydrogen (secondary N) is 2. The fourth-order valence-electron chi connectivity index (χ4n) is 3.15. The molecule has 0 radical (unpaired) electrons. The Morgan fingerprint density at radius 1 is 1.23 bits per heavy atom. The summed E-state index contributed by atoms with van der Waals surface area (Å²) in [4.78, 5) is 16.6. The Kier molecular flexibility index (Phi) is 5.28. The second kappa shape index (κ2) is 7.92. The third-order valence-corrected chi connectivity index (χ3v) is 4.90. The summed E-state index contributed by atoms with van der Waals surface area (Å²) >= 11 is 0. The molecule has 1 amide bonds. The molecule has 31 heavy (non-hydrogen) atoms. The Morgan fingerprint density at radius 2 is 2.03 bits per heavy atom. The van der Waals surface area contributed by atoms with Gasteiger partial charge in [0.2, 0.25) is 5.91 Å². The number of aromatic nitrogens is 4. The van der Waals surface area contributed by atoms with Gasteiger partial charge in [-0.05, 0) is 23.3 Å². The van der Waals surface area contributed by atoms with Crippen LogP contribution in [-0.2, 0) is 23.2 Å². The highest BCUT2D eigenvalue weighted by Gasteiger charge is 2.20. The molecule has 4 aromatic rings. The minimum absolute atomic E-state index is 0.141. The number of amides is 1. The fraction of sp³-hybridized carbons (Fsp3) is 0.273. The normalized spacial score (nSPS) is 11.8. The molecule has 160 valence electrons. The lowest BCUT2D eigenvalue weighted by molar-refractivity contribution is -0.115. The van der Waals surface area contributed by atoms with Gasteiger partial charge in [-0.1, -0.05) is 38.1 Å². The maximum absolute atomic E-state index is 14.7. The summed E-state index contributed by atoms with van der Waals surface area (Å²) < 4.78 is 19.9. The SMILES string of the molecule is CC(C)(C)c1cc(NC(=O)Cc2ccc(-c3cnc4[nH]nc(CO)c4c3)cc2F)no1. The van der Waals surface area contributed by atoms with E-state index in [9.17, 15) is 14.3 Å². The van der Waals surface area contributed by atoms with Gasteiger partial charge in [-0.2, -0.15) is 5.10 Å². The molecule has 0 saturated heterocycles. The zero-order valence-electron chi connectivity index (χ0n) is 17.4. The highest BCUT2D eigenvalue weighted by molar-refractivity contribution is 5.91. The third kappa shape index (κ3) is 4.31. The molecular formula is C22H22FN5O3. The molecule has 8 nitrogen and oxygen atoms in total. The minimum Gasteiger partial charge on any atom is -0.390 e. The Hall–Kier alpha value is -3.59. The highest BCUT2D eigenvalue weighted by Crippen LogP contribution is 2.27. The molecule has 0 aliphatic carbocycles. The topological polar surface area (TPSA) is 117 Å². The van der Waals surface area contributed by atoms with Crippen molar-refractivity contribution in [2.24, 2.45) is 0 Å². The molecule has 0 aliphatic heterocycles. The van der Waals surface area contributed by atoms with Crippen LogP contribution < -0.4 is 5.32 Å². The van der Waals surface area contributed by atoms with Gasteiger partial charge in [0, 0.05) is 28.6 Å². The van der Waals surface area contributed by atoms with Gasteiger partial charge in [-0.25, -0.2) is 9.37 Å². The molecule has 1 aromatic carbocycles. The summed E-state index contributed by atoms with van der Waals surface area (Å²) in [6, 6.07) is 8.10. The Morgan fingerprint density at radius 3 is 2.71 bits per heavy atom. The van der Waals surface area contributed by atoms with Gasteiger partial charge in [0.05, 0.1) is 18.7 Å². The predicted molar refractivity (Wildman–Crippen MR) is 113 cm³/mol. The van der Waals surface area contributed by atoms with E-state index >= 15 is 0 Å². The maximum atomic E-state index is 14.7. The molecule has 0 spiro atoms. The van der Waals surface area contributed by atoms with Crippen molar-refractivity contribution in [3.8, 4) is 11.1 Å². The van der Waals surface area contributed by atoms with E-state index < -0.39 is 11.7 Å². The van der Waals surface area contributed by atoms with E-state index in [4.69, 9.17) is 4.52 Å². The van der Waals surface area contributed by atoms with Crippen molar-refractivity contribution in [1.29, 1.82) is 0 Å². The van der Waals surface area contributed by atoms with Crippen LogP contribution in [-0.4, -0.2) is 31.4 Å². The number of rotatable bonds is 5. The summed E-state index contributed by atoms with van der Waals surface area (Å²) in [6.07, 6.45) is 1.46. The number of carbonyl (C=O) groups is 1. The van der Waals surface area contributed by atoms with Gasteiger partial charge in [-0.3, -0.25) is 9.89 Å². The van der Waals surface area contributed by atoms with Gasteiger partial charge in [0.25, 0.3) is 0 Å². The van der Waals surface area contributed by atoms with Crippen molar-refractivity contribution in [2.45, 2.75) is 39.2 Å². The lowest BCUT2D eigenvalue weighted by Crippen LogP contribution is -2.15. The monoisotopic (exact) mass is 423 g/mol. The van der Waals surface area contributed by atoms with Crippen molar-refractivity contribution in [3.63, 3.8) is 0 Å². The fourth-order valence-corrected chi connectivity index (χ4v) is 3.15. The number of anilines is 1. The average Bonchev–Trinajstić information content (AvgIpc) is 3.35. The summed E-state index contributed by atoms with van der Waals surface area (Å²) in [7, 11) is 0. The van der Waals surface area contributed by atoms with E-state index in [-0.39, 0.29) is 24.0 Å². The molecular weight excluding hydrogens is 401 g/mol. The molecule has 9 heteroatoms. The van der Waals surface area contributed by atoms with E-state index in [0.717, 1.165) is 0 Å². The standard InChI is InChI=1S/C22H22FN5O3/c1-22(2,3)18-9-19(28-31-18)25-20(30)8-13-5-4-12(7-16(13)23)14-6-15-17(11-29)26-27-21(15)24-10-14/h4-7,9-10,29H,8,11H2,1-3H3,(H,24,26,27)(H,25,28,30). The van der Waals surface area contributed by atoms with E-state index in [1.165, 1.54) is 6.07 Å². The maximum Gasteiger partial charge on any atom is 0.230 e. The molecule has 0 saturated carbocycles. The van der Waals surface area contributed by atoms with Crippen LogP contribution in [0.2, 0.25) is 0 Å². The average molecular weight is 423 g/mol. The minimum atomic E-state index is -0.502. The van der Waals surface area contributed by atoms with Crippen LogP contribution in [0.25, 0.3) is 22.2 Å². The lowest BCUT2D eigenvalue weighted by Gasteiger charge is -2.12.